The molecule has 1 aliphatic rings. The van der Waals surface area contributed by atoms with Crippen LogP contribution >= 0.6 is 23.2 Å². The van der Waals surface area contributed by atoms with Gasteiger partial charge >= 0.3 is 0 Å². The van der Waals surface area contributed by atoms with Crippen LogP contribution in [0, 0.1) is 5.41 Å². The van der Waals surface area contributed by atoms with Gasteiger partial charge in [0.25, 0.3) is 0 Å². The summed E-state index contributed by atoms with van der Waals surface area (Å²) in [5, 5.41) is 5.43. The Morgan fingerprint density at radius 1 is 1.36 bits per heavy atom. The van der Waals surface area contributed by atoms with Gasteiger partial charge in [-0.25, -0.2) is 0 Å². The van der Waals surface area contributed by atoms with Crippen LogP contribution < -0.4 is 15.4 Å². The van der Waals surface area contributed by atoms with Gasteiger partial charge in [0, 0.05) is 18.7 Å². The van der Waals surface area contributed by atoms with Crippen LogP contribution in [0.2, 0.25) is 0 Å². The van der Waals surface area contributed by atoms with Crippen LogP contribution in [0.5, 0.6) is 5.75 Å². The summed E-state index contributed by atoms with van der Waals surface area (Å²) in [6, 6.07) is 7.04. The Morgan fingerprint density at radius 2 is 2.05 bits per heavy atom. The molecule has 0 radical (unpaired) electrons. The van der Waals surface area contributed by atoms with Crippen molar-refractivity contribution in [1.82, 2.24) is 5.32 Å². The SMILES string of the molecule is CC(=O)Nc1cccc(OCCNC(=O)C2(C)CC2(Cl)Cl)c1. The summed E-state index contributed by atoms with van der Waals surface area (Å²) in [6.07, 6.45) is 0.453. The number of ether oxygens (including phenoxy) is 1. The number of anilines is 1. The molecule has 0 bridgehead atoms. The van der Waals surface area contributed by atoms with Crippen LogP contribution in [-0.2, 0) is 9.59 Å². The van der Waals surface area contributed by atoms with Crippen LogP contribution in [-0.4, -0.2) is 29.3 Å². The molecular weight excluding hydrogens is 327 g/mol. The third-order valence-electron chi connectivity index (χ3n) is 3.57. The smallest absolute Gasteiger partial charge is 0.229 e. The third-order valence-corrected chi connectivity index (χ3v) is 4.67. The average Bonchev–Trinajstić information content (AvgIpc) is 2.94. The van der Waals surface area contributed by atoms with Crippen LogP contribution in [0.3, 0.4) is 0 Å². The lowest BCUT2D eigenvalue weighted by atomic mass is 10.1. The van der Waals surface area contributed by atoms with Crippen LogP contribution in [0.15, 0.2) is 24.3 Å². The molecule has 1 unspecified atom stereocenters. The van der Waals surface area contributed by atoms with E-state index in [0.29, 0.717) is 31.0 Å². The third kappa shape index (κ3) is 3.84. The predicted octanol–water partition coefficient (Wildman–Crippen LogP) is 2.72. The summed E-state index contributed by atoms with van der Waals surface area (Å²) < 4.78 is 4.56. The van der Waals surface area contributed by atoms with E-state index < -0.39 is 9.75 Å². The first-order valence-corrected chi connectivity index (χ1v) is 7.67. The molecule has 0 heterocycles. The predicted molar refractivity (Wildman–Crippen MR) is 86.4 cm³/mol. The summed E-state index contributed by atoms with van der Waals surface area (Å²) in [5.74, 6) is 0.294. The van der Waals surface area contributed by atoms with Crippen molar-refractivity contribution in [2.24, 2.45) is 5.41 Å². The van der Waals surface area contributed by atoms with E-state index in [1.54, 1.807) is 31.2 Å². The fourth-order valence-electron chi connectivity index (χ4n) is 2.04. The van der Waals surface area contributed by atoms with Gasteiger partial charge in [-0.1, -0.05) is 6.07 Å². The fourth-order valence-corrected chi connectivity index (χ4v) is 2.75. The van der Waals surface area contributed by atoms with E-state index in [0.717, 1.165) is 0 Å². The first-order valence-electron chi connectivity index (χ1n) is 6.91. The van der Waals surface area contributed by atoms with Crippen molar-refractivity contribution in [3.63, 3.8) is 0 Å². The molecular formula is C15H18Cl2N2O3. The zero-order valence-corrected chi connectivity index (χ0v) is 13.9. The van der Waals surface area contributed by atoms with Crippen molar-refractivity contribution in [1.29, 1.82) is 0 Å². The number of benzene rings is 1. The number of alkyl halides is 2. The minimum absolute atomic E-state index is 0.146. The fraction of sp³-hybridized carbons (Fsp3) is 0.467. The molecule has 1 aromatic carbocycles. The van der Waals surface area contributed by atoms with E-state index >= 15 is 0 Å². The number of carbonyl (C=O) groups is 2. The highest BCUT2D eigenvalue weighted by Gasteiger charge is 2.67. The number of halogens is 2. The van der Waals surface area contributed by atoms with Gasteiger partial charge < -0.3 is 15.4 Å². The van der Waals surface area contributed by atoms with Gasteiger partial charge in [-0.3, -0.25) is 9.59 Å². The number of nitrogens with one attached hydrogen (secondary N) is 2. The van der Waals surface area contributed by atoms with Gasteiger partial charge in [0.2, 0.25) is 11.8 Å². The summed E-state index contributed by atoms with van der Waals surface area (Å²) in [7, 11) is 0. The Bertz CT molecular complexity index is 592. The van der Waals surface area contributed by atoms with E-state index in [9.17, 15) is 9.59 Å². The molecule has 0 aromatic heterocycles. The van der Waals surface area contributed by atoms with E-state index in [2.05, 4.69) is 10.6 Å². The standard InChI is InChI=1S/C15H18Cl2N2O3/c1-10(20)19-11-4-3-5-12(8-11)22-7-6-18-13(21)14(2)9-15(14,16)17/h3-5,8H,6-7,9H2,1-2H3,(H,18,21)(H,19,20). The molecule has 1 aromatic rings. The van der Waals surface area contributed by atoms with Gasteiger partial charge in [0.05, 0.1) is 12.0 Å². The Labute approximate surface area is 139 Å². The van der Waals surface area contributed by atoms with Crippen molar-refractivity contribution >= 4 is 40.7 Å². The summed E-state index contributed by atoms with van der Waals surface area (Å²) in [4.78, 5) is 22.9. The molecule has 1 saturated carbocycles. The van der Waals surface area contributed by atoms with E-state index in [1.165, 1.54) is 6.92 Å². The Morgan fingerprint density at radius 3 is 2.64 bits per heavy atom. The number of amides is 2. The van der Waals surface area contributed by atoms with Gasteiger partial charge in [0.15, 0.2) is 0 Å². The van der Waals surface area contributed by atoms with Crippen molar-refractivity contribution in [2.75, 3.05) is 18.5 Å². The van der Waals surface area contributed by atoms with E-state index in [-0.39, 0.29) is 11.8 Å². The van der Waals surface area contributed by atoms with Crippen molar-refractivity contribution in [3.8, 4) is 5.75 Å². The maximum Gasteiger partial charge on any atom is 0.229 e. The first kappa shape index (κ1) is 16.9. The lowest BCUT2D eigenvalue weighted by Crippen LogP contribution is -2.35. The molecule has 1 fully saturated rings. The van der Waals surface area contributed by atoms with Gasteiger partial charge in [-0.2, -0.15) is 0 Å². The average molecular weight is 345 g/mol. The highest BCUT2D eigenvalue weighted by atomic mass is 35.5. The molecule has 2 amide bonds. The molecule has 7 heteroatoms. The van der Waals surface area contributed by atoms with Crippen molar-refractivity contribution in [2.45, 2.75) is 24.6 Å². The Hall–Kier alpha value is -1.46. The second-order valence-electron chi connectivity index (χ2n) is 5.53. The zero-order chi connectivity index (χ0) is 16.4. The number of rotatable bonds is 6. The summed E-state index contributed by atoms with van der Waals surface area (Å²) >= 11 is 11.9. The van der Waals surface area contributed by atoms with E-state index in [1.807, 2.05) is 0 Å². The molecule has 2 rings (SSSR count). The molecule has 0 spiro atoms. The largest absolute Gasteiger partial charge is 0.492 e. The lowest BCUT2D eigenvalue weighted by molar-refractivity contribution is -0.125. The molecule has 1 aliphatic carbocycles. The molecule has 1 atom stereocenters. The molecule has 5 nitrogen and oxygen atoms in total. The molecule has 120 valence electrons. The Kier molecular flexibility index (Phi) is 4.87. The van der Waals surface area contributed by atoms with Crippen molar-refractivity contribution in [3.05, 3.63) is 24.3 Å². The summed E-state index contributed by atoms with van der Waals surface area (Å²) in [5.41, 5.74) is -0.0601. The van der Waals surface area contributed by atoms with E-state index in [4.69, 9.17) is 27.9 Å². The number of hydrogen-bond donors (Lipinski definition) is 2. The summed E-state index contributed by atoms with van der Waals surface area (Å²) in [6.45, 7) is 3.83. The lowest BCUT2D eigenvalue weighted by Gasteiger charge is -2.13. The number of carbonyl (C=O) groups excluding carboxylic acids is 2. The first-order chi connectivity index (χ1) is 10.2. The monoisotopic (exact) mass is 344 g/mol. The molecule has 2 N–H and O–H groups in total. The molecule has 0 aliphatic heterocycles. The maximum atomic E-state index is 11.9. The highest BCUT2D eigenvalue weighted by Crippen LogP contribution is 2.63. The second-order valence-corrected chi connectivity index (χ2v) is 7.01. The quantitative estimate of drug-likeness (QED) is 0.615. The van der Waals surface area contributed by atoms with Crippen LogP contribution in [0.25, 0.3) is 0 Å². The molecule has 22 heavy (non-hydrogen) atoms. The Balaban J connectivity index is 1.75. The highest BCUT2D eigenvalue weighted by molar-refractivity contribution is 6.53. The van der Waals surface area contributed by atoms with Gasteiger partial charge in [-0.15, -0.1) is 23.2 Å². The van der Waals surface area contributed by atoms with Crippen molar-refractivity contribution < 1.29 is 14.3 Å². The zero-order valence-electron chi connectivity index (χ0n) is 12.4. The maximum absolute atomic E-state index is 11.9. The van der Waals surface area contributed by atoms with Crippen LogP contribution in [0.4, 0.5) is 5.69 Å². The normalized spacial score (nSPS) is 21.8. The van der Waals surface area contributed by atoms with Gasteiger partial charge in [-0.05, 0) is 25.5 Å². The minimum atomic E-state index is -0.968. The van der Waals surface area contributed by atoms with Gasteiger partial charge in [0.1, 0.15) is 16.7 Å². The van der Waals surface area contributed by atoms with Crippen LogP contribution in [0.1, 0.15) is 20.3 Å². The minimum Gasteiger partial charge on any atom is -0.492 e. The number of hydrogen-bond acceptors (Lipinski definition) is 3. The topological polar surface area (TPSA) is 67.4 Å². The second kappa shape index (κ2) is 6.34. The molecule has 0 saturated heterocycles.